The minimum absolute atomic E-state index is 0.866. The van der Waals surface area contributed by atoms with E-state index in [-0.39, 0.29) is 0 Å². The summed E-state index contributed by atoms with van der Waals surface area (Å²) in [6.45, 7) is 0. The summed E-state index contributed by atoms with van der Waals surface area (Å²) in [7, 11) is 0. The van der Waals surface area contributed by atoms with Crippen LogP contribution in [0.1, 0.15) is 0 Å². The second-order valence-electron chi connectivity index (χ2n) is 12.5. The Hall–Kier alpha value is -6.58. The van der Waals surface area contributed by atoms with Gasteiger partial charge in [-0.2, -0.15) is 0 Å². The molecular weight excluding hydrogens is 597 g/mol. The number of hydrogen-bond donors (Lipinski definition) is 0. The van der Waals surface area contributed by atoms with Crippen molar-refractivity contribution in [2.75, 3.05) is 4.90 Å². The van der Waals surface area contributed by atoms with E-state index < -0.39 is 0 Å². The summed E-state index contributed by atoms with van der Waals surface area (Å²) in [5.41, 5.74) is 10.8. The van der Waals surface area contributed by atoms with Gasteiger partial charge in [0, 0.05) is 38.3 Å². The first-order valence-corrected chi connectivity index (χ1v) is 16.7. The highest BCUT2D eigenvalue weighted by atomic mass is 16.3. The Bertz CT molecular complexity index is 2810. The molecule has 2 aromatic heterocycles. The van der Waals surface area contributed by atoms with Gasteiger partial charge in [-0.15, -0.1) is 0 Å². The van der Waals surface area contributed by atoms with Crippen molar-refractivity contribution in [2.24, 2.45) is 0 Å². The van der Waals surface area contributed by atoms with Crippen LogP contribution in [0.25, 0.3) is 71.3 Å². The standard InChI is InChI=1S/C46H30N2O/c1-3-13-31(14-4-1)32-25-28-35(29-26-32)48(43-24-11-20-37-38-30-27-33-15-7-8-18-36(33)45(38)49-46(37)43)42-23-12-22-41-44(42)39-19-9-10-21-40(39)47(41)34-16-5-2-6-17-34/h1-30H. The van der Waals surface area contributed by atoms with Gasteiger partial charge in [0.2, 0.25) is 0 Å². The van der Waals surface area contributed by atoms with Gasteiger partial charge in [-0.3, -0.25) is 0 Å². The molecule has 10 aromatic rings. The largest absolute Gasteiger partial charge is 0.453 e. The van der Waals surface area contributed by atoms with Crippen molar-refractivity contribution in [3.05, 3.63) is 182 Å². The highest BCUT2D eigenvalue weighted by Crippen LogP contribution is 2.47. The van der Waals surface area contributed by atoms with Gasteiger partial charge in [-0.05, 0) is 71.1 Å². The van der Waals surface area contributed by atoms with Crippen molar-refractivity contribution in [3.8, 4) is 16.8 Å². The fourth-order valence-corrected chi connectivity index (χ4v) is 7.57. The van der Waals surface area contributed by atoms with Crippen molar-refractivity contribution >= 4 is 71.6 Å². The van der Waals surface area contributed by atoms with Gasteiger partial charge in [0.25, 0.3) is 0 Å². The first-order valence-electron chi connectivity index (χ1n) is 16.7. The molecule has 3 nitrogen and oxygen atoms in total. The second-order valence-corrected chi connectivity index (χ2v) is 12.5. The SMILES string of the molecule is c1ccc(-c2ccc(N(c3cccc4c3oc3c5ccccc5ccc43)c3cccc4c3c3ccccc3n4-c3ccccc3)cc2)cc1. The first-order chi connectivity index (χ1) is 24.3. The van der Waals surface area contributed by atoms with Crippen molar-refractivity contribution < 1.29 is 4.42 Å². The van der Waals surface area contributed by atoms with Gasteiger partial charge in [0.1, 0.15) is 5.58 Å². The van der Waals surface area contributed by atoms with Crippen LogP contribution < -0.4 is 4.90 Å². The van der Waals surface area contributed by atoms with Crippen LogP contribution in [0.3, 0.4) is 0 Å². The number of aromatic nitrogens is 1. The summed E-state index contributed by atoms with van der Waals surface area (Å²) in [6, 6.07) is 64.8. The molecule has 230 valence electrons. The molecule has 0 saturated heterocycles. The predicted molar refractivity (Wildman–Crippen MR) is 206 cm³/mol. The van der Waals surface area contributed by atoms with E-state index in [2.05, 4.69) is 191 Å². The van der Waals surface area contributed by atoms with Gasteiger partial charge < -0.3 is 13.9 Å². The van der Waals surface area contributed by atoms with E-state index in [0.717, 1.165) is 55.6 Å². The van der Waals surface area contributed by atoms with Gasteiger partial charge >= 0.3 is 0 Å². The van der Waals surface area contributed by atoms with Crippen molar-refractivity contribution in [3.63, 3.8) is 0 Å². The Morgan fingerprint density at radius 3 is 1.84 bits per heavy atom. The Balaban J connectivity index is 1.28. The lowest BCUT2D eigenvalue weighted by Gasteiger charge is -2.27. The van der Waals surface area contributed by atoms with Gasteiger partial charge in [-0.1, -0.05) is 127 Å². The molecular formula is C46H30N2O. The molecule has 8 aromatic carbocycles. The monoisotopic (exact) mass is 626 g/mol. The lowest BCUT2D eigenvalue weighted by atomic mass is 10.0. The summed E-state index contributed by atoms with van der Waals surface area (Å²) in [6.07, 6.45) is 0. The Kier molecular flexibility index (Phi) is 6.18. The molecule has 3 heteroatoms. The third-order valence-corrected chi connectivity index (χ3v) is 9.77. The van der Waals surface area contributed by atoms with E-state index >= 15 is 0 Å². The van der Waals surface area contributed by atoms with Gasteiger partial charge in [0.05, 0.1) is 22.4 Å². The summed E-state index contributed by atoms with van der Waals surface area (Å²) >= 11 is 0. The minimum Gasteiger partial charge on any atom is -0.453 e. The molecule has 0 saturated carbocycles. The lowest BCUT2D eigenvalue weighted by molar-refractivity contribution is 0.673. The quantitative estimate of drug-likeness (QED) is 0.190. The first kappa shape index (κ1) is 27.5. The molecule has 0 atom stereocenters. The van der Waals surface area contributed by atoms with E-state index in [0.29, 0.717) is 0 Å². The maximum Gasteiger partial charge on any atom is 0.159 e. The maximum atomic E-state index is 6.94. The summed E-state index contributed by atoms with van der Waals surface area (Å²) in [5, 5.41) is 6.89. The normalized spacial score (nSPS) is 11.7. The summed E-state index contributed by atoms with van der Waals surface area (Å²) in [4.78, 5) is 2.38. The number of fused-ring (bicyclic) bond motifs is 8. The molecule has 0 N–H and O–H groups in total. The molecule has 0 bridgehead atoms. The molecule has 0 aliphatic heterocycles. The highest BCUT2D eigenvalue weighted by molar-refractivity contribution is 6.20. The molecule has 2 heterocycles. The molecule has 0 radical (unpaired) electrons. The average molecular weight is 627 g/mol. The zero-order valence-electron chi connectivity index (χ0n) is 26.6. The van der Waals surface area contributed by atoms with Crippen molar-refractivity contribution in [1.82, 2.24) is 4.57 Å². The molecule has 0 aliphatic carbocycles. The third kappa shape index (κ3) is 4.29. The molecule has 0 amide bonds. The maximum absolute atomic E-state index is 6.94. The number of benzene rings is 8. The van der Waals surface area contributed by atoms with E-state index in [1.807, 2.05) is 0 Å². The van der Waals surface area contributed by atoms with Crippen LogP contribution in [0.15, 0.2) is 186 Å². The average Bonchev–Trinajstić information content (AvgIpc) is 3.73. The number of furan rings is 1. The van der Waals surface area contributed by atoms with Crippen LogP contribution >= 0.6 is 0 Å². The summed E-state index contributed by atoms with van der Waals surface area (Å²) in [5.74, 6) is 0. The number of nitrogens with zero attached hydrogens (tertiary/aromatic N) is 2. The molecule has 0 unspecified atom stereocenters. The van der Waals surface area contributed by atoms with Gasteiger partial charge in [-0.25, -0.2) is 0 Å². The topological polar surface area (TPSA) is 21.3 Å². The number of para-hydroxylation sites is 3. The van der Waals surface area contributed by atoms with E-state index in [4.69, 9.17) is 4.42 Å². The zero-order valence-corrected chi connectivity index (χ0v) is 26.6. The van der Waals surface area contributed by atoms with Crippen LogP contribution in [0.5, 0.6) is 0 Å². The predicted octanol–water partition coefficient (Wildman–Crippen LogP) is 13.0. The molecule has 49 heavy (non-hydrogen) atoms. The molecule has 0 aliphatic rings. The van der Waals surface area contributed by atoms with E-state index in [1.165, 1.54) is 32.8 Å². The Morgan fingerprint density at radius 1 is 0.388 bits per heavy atom. The lowest BCUT2D eigenvalue weighted by Crippen LogP contribution is -2.10. The second kappa shape index (κ2) is 11.0. The third-order valence-electron chi connectivity index (χ3n) is 9.77. The molecule has 0 spiro atoms. The fourth-order valence-electron chi connectivity index (χ4n) is 7.57. The molecule has 0 fully saturated rings. The number of rotatable bonds is 5. The Labute approximate surface area is 283 Å². The Morgan fingerprint density at radius 2 is 1.00 bits per heavy atom. The van der Waals surface area contributed by atoms with Crippen molar-refractivity contribution in [2.45, 2.75) is 0 Å². The minimum atomic E-state index is 0.866. The number of hydrogen-bond acceptors (Lipinski definition) is 2. The number of anilines is 3. The van der Waals surface area contributed by atoms with Crippen LogP contribution in [0, 0.1) is 0 Å². The summed E-state index contributed by atoms with van der Waals surface area (Å²) < 4.78 is 9.31. The van der Waals surface area contributed by atoms with Crippen molar-refractivity contribution in [1.29, 1.82) is 0 Å². The van der Waals surface area contributed by atoms with Crippen LogP contribution in [0.2, 0.25) is 0 Å². The van der Waals surface area contributed by atoms with Crippen LogP contribution in [-0.2, 0) is 0 Å². The van der Waals surface area contributed by atoms with Crippen LogP contribution in [0.4, 0.5) is 17.1 Å². The fraction of sp³-hybridized carbons (Fsp3) is 0. The molecule has 10 rings (SSSR count). The van der Waals surface area contributed by atoms with E-state index in [1.54, 1.807) is 0 Å². The highest BCUT2D eigenvalue weighted by Gasteiger charge is 2.24. The smallest absolute Gasteiger partial charge is 0.159 e. The van der Waals surface area contributed by atoms with Crippen LogP contribution in [-0.4, -0.2) is 4.57 Å². The van der Waals surface area contributed by atoms with E-state index in [9.17, 15) is 0 Å². The zero-order chi connectivity index (χ0) is 32.3. The van der Waals surface area contributed by atoms with Gasteiger partial charge in [0.15, 0.2) is 5.58 Å².